The summed E-state index contributed by atoms with van der Waals surface area (Å²) >= 11 is 13.9. The van der Waals surface area contributed by atoms with Crippen molar-refractivity contribution >= 4 is 51.6 Å². The number of carbonyl (C=O) groups excluding carboxylic acids is 1. The van der Waals surface area contributed by atoms with E-state index in [2.05, 4.69) is 22.6 Å². The van der Waals surface area contributed by atoms with E-state index in [-0.39, 0.29) is 12.4 Å². The molecule has 2 aromatic rings. The maximum absolute atomic E-state index is 12.0. The molecule has 0 fully saturated rings. The molecule has 0 radical (unpaired) electrons. The Morgan fingerprint density at radius 1 is 1.16 bits per heavy atom. The number of hydrogen-bond donors (Lipinski definition) is 0. The van der Waals surface area contributed by atoms with Crippen LogP contribution in [0.3, 0.4) is 0 Å². The van der Waals surface area contributed by atoms with Crippen LogP contribution in [0.2, 0.25) is 10.0 Å². The van der Waals surface area contributed by atoms with Crippen molar-refractivity contribution in [1.29, 1.82) is 0 Å². The Morgan fingerprint density at radius 2 is 1.95 bits per heavy atom. The van der Waals surface area contributed by atoms with Crippen LogP contribution in [0.15, 0.2) is 42.5 Å². The molecule has 0 aliphatic rings. The van der Waals surface area contributed by atoms with Crippen LogP contribution < -0.4 is 4.74 Å². The van der Waals surface area contributed by atoms with Crippen LogP contribution in [0, 0.1) is 3.57 Å². The van der Waals surface area contributed by atoms with Crippen LogP contribution in [0.1, 0.15) is 10.4 Å². The van der Waals surface area contributed by atoms with Crippen molar-refractivity contribution < 1.29 is 9.53 Å². The van der Waals surface area contributed by atoms with Gasteiger partial charge < -0.3 is 4.74 Å². The molecule has 0 spiro atoms. The molecule has 0 heterocycles. The molecule has 0 aliphatic carbocycles. The lowest BCUT2D eigenvalue weighted by atomic mass is 10.1. The molecule has 0 N–H and O–H groups in total. The fourth-order valence-electron chi connectivity index (χ4n) is 1.50. The zero-order chi connectivity index (χ0) is 13.8. The number of hydrogen-bond acceptors (Lipinski definition) is 2. The molecule has 0 amide bonds. The fraction of sp³-hybridized carbons (Fsp3) is 0.0714. The van der Waals surface area contributed by atoms with E-state index in [1.807, 2.05) is 18.2 Å². The van der Waals surface area contributed by atoms with Gasteiger partial charge in [-0.1, -0.05) is 29.3 Å². The molecule has 19 heavy (non-hydrogen) atoms. The van der Waals surface area contributed by atoms with E-state index >= 15 is 0 Å². The Kier molecular flexibility index (Phi) is 5.07. The predicted molar refractivity (Wildman–Crippen MR) is 85.4 cm³/mol. The zero-order valence-corrected chi connectivity index (χ0v) is 13.4. The van der Waals surface area contributed by atoms with Crippen LogP contribution in [-0.2, 0) is 0 Å². The summed E-state index contributed by atoms with van der Waals surface area (Å²) in [6, 6.07) is 12.3. The highest BCUT2D eigenvalue weighted by Gasteiger charge is 2.11. The molecule has 0 aliphatic heterocycles. The van der Waals surface area contributed by atoms with Gasteiger partial charge in [-0.2, -0.15) is 0 Å². The Morgan fingerprint density at radius 3 is 2.63 bits per heavy atom. The minimum Gasteiger partial charge on any atom is -0.485 e. The number of Topliss-reactive ketones (excluding diaryl/α,β-unsaturated/α-hetero) is 1. The van der Waals surface area contributed by atoms with Gasteiger partial charge in [-0.15, -0.1) is 0 Å². The first kappa shape index (κ1) is 14.6. The lowest BCUT2D eigenvalue weighted by Gasteiger charge is -2.07. The first-order valence-electron chi connectivity index (χ1n) is 5.43. The van der Waals surface area contributed by atoms with Crippen LogP contribution in [0.25, 0.3) is 0 Å². The number of rotatable bonds is 4. The lowest BCUT2D eigenvalue weighted by Crippen LogP contribution is -2.12. The van der Waals surface area contributed by atoms with Crippen LogP contribution in [0.4, 0.5) is 0 Å². The average molecular weight is 407 g/mol. The van der Waals surface area contributed by atoms with Gasteiger partial charge in [-0.25, -0.2) is 0 Å². The standard InChI is InChI=1S/C14H9Cl2IO2/c15-9-4-5-12(13(16)6-9)14(18)8-19-11-3-1-2-10(17)7-11/h1-7H,8H2. The summed E-state index contributed by atoms with van der Waals surface area (Å²) in [5.74, 6) is 0.478. The predicted octanol–water partition coefficient (Wildman–Crippen LogP) is 4.86. The normalized spacial score (nSPS) is 10.3. The molecule has 0 aromatic heterocycles. The van der Waals surface area contributed by atoms with Crippen LogP contribution in [-0.4, -0.2) is 12.4 Å². The smallest absolute Gasteiger partial charge is 0.201 e. The van der Waals surface area contributed by atoms with E-state index in [1.165, 1.54) is 0 Å². The van der Waals surface area contributed by atoms with E-state index in [0.29, 0.717) is 21.4 Å². The quantitative estimate of drug-likeness (QED) is 0.535. The van der Waals surface area contributed by atoms with Gasteiger partial charge in [0.25, 0.3) is 0 Å². The highest BCUT2D eigenvalue weighted by Crippen LogP contribution is 2.22. The van der Waals surface area contributed by atoms with Crippen molar-refractivity contribution in [2.24, 2.45) is 0 Å². The average Bonchev–Trinajstić information content (AvgIpc) is 2.36. The van der Waals surface area contributed by atoms with E-state index in [0.717, 1.165) is 3.57 Å². The Balaban J connectivity index is 2.05. The topological polar surface area (TPSA) is 26.3 Å². The number of benzene rings is 2. The molecule has 98 valence electrons. The summed E-state index contributed by atoms with van der Waals surface area (Å²) in [6.45, 7) is -0.0541. The molecule has 0 atom stereocenters. The maximum Gasteiger partial charge on any atom is 0.201 e. The summed E-state index contributed by atoms with van der Waals surface area (Å²) in [5, 5.41) is 0.837. The molecule has 2 nitrogen and oxygen atoms in total. The van der Waals surface area contributed by atoms with E-state index in [9.17, 15) is 4.79 Å². The molecule has 0 bridgehead atoms. The van der Waals surface area contributed by atoms with E-state index < -0.39 is 0 Å². The minimum atomic E-state index is -0.180. The zero-order valence-electron chi connectivity index (χ0n) is 9.70. The third kappa shape index (κ3) is 4.09. The number of halogens is 3. The van der Waals surface area contributed by atoms with Gasteiger partial charge in [0.2, 0.25) is 5.78 Å². The fourth-order valence-corrected chi connectivity index (χ4v) is 2.53. The summed E-state index contributed by atoms with van der Waals surface area (Å²) in [6.07, 6.45) is 0. The monoisotopic (exact) mass is 406 g/mol. The molecular formula is C14H9Cl2IO2. The SMILES string of the molecule is O=C(COc1cccc(I)c1)c1ccc(Cl)cc1Cl. The highest BCUT2D eigenvalue weighted by atomic mass is 127. The number of ether oxygens (including phenoxy) is 1. The Labute approximate surface area is 134 Å². The molecule has 0 saturated heterocycles. The van der Waals surface area contributed by atoms with Gasteiger partial charge in [-0.05, 0) is 59.0 Å². The Bertz CT molecular complexity index is 614. The summed E-state index contributed by atoms with van der Waals surface area (Å²) in [7, 11) is 0. The lowest BCUT2D eigenvalue weighted by molar-refractivity contribution is 0.0921. The van der Waals surface area contributed by atoms with Crippen molar-refractivity contribution in [2.45, 2.75) is 0 Å². The molecule has 0 unspecified atom stereocenters. The number of carbonyl (C=O) groups is 1. The molecule has 2 rings (SSSR count). The molecule has 0 saturated carbocycles. The van der Waals surface area contributed by atoms with Gasteiger partial charge in [0, 0.05) is 14.2 Å². The highest BCUT2D eigenvalue weighted by molar-refractivity contribution is 14.1. The summed E-state index contributed by atoms with van der Waals surface area (Å²) < 4.78 is 6.49. The largest absolute Gasteiger partial charge is 0.485 e. The number of ketones is 1. The van der Waals surface area contributed by atoms with Crippen molar-refractivity contribution in [3.8, 4) is 5.75 Å². The van der Waals surface area contributed by atoms with Gasteiger partial charge in [0.15, 0.2) is 6.61 Å². The maximum atomic E-state index is 12.0. The van der Waals surface area contributed by atoms with Crippen molar-refractivity contribution in [3.05, 3.63) is 61.6 Å². The van der Waals surface area contributed by atoms with Gasteiger partial charge in [0.05, 0.1) is 5.02 Å². The van der Waals surface area contributed by atoms with Crippen molar-refractivity contribution in [1.82, 2.24) is 0 Å². The van der Waals surface area contributed by atoms with Crippen molar-refractivity contribution in [2.75, 3.05) is 6.61 Å². The van der Waals surface area contributed by atoms with Gasteiger partial charge in [-0.3, -0.25) is 4.79 Å². The second-order valence-electron chi connectivity index (χ2n) is 3.79. The van der Waals surface area contributed by atoms with Crippen LogP contribution in [0.5, 0.6) is 5.75 Å². The van der Waals surface area contributed by atoms with Crippen molar-refractivity contribution in [3.63, 3.8) is 0 Å². The second-order valence-corrected chi connectivity index (χ2v) is 5.88. The second kappa shape index (κ2) is 6.59. The van der Waals surface area contributed by atoms with Crippen LogP contribution >= 0.6 is 45.8 Å². The molecule has 5 heteroatoms. The third-order valence-corrected chi connectivity index (χ3v) is 3.62. The van der Waals surface area contributed by atoms with E-state index in [4.69, 9.17) is 27.9 Å². The Hall–Kier alpha value is -0.780. The summed E-state index contributed by atoms with van der Waals surface area (Å²) in [4.78, 5) is 12.0. The van der Waals surface area contributed by atoms with E-state index in [1.54, 1.807) is 24.3 Å². The third-order valence-electron chi connectivity index (χ3n) is 2.40. The minimum absolute atomic E-state index is 0.0541. The summed E-state index contributed by atoms with van der Waals surface area (Å²) in [5.41, 5.74) is 0.414. The molecule has 2 aromatic carbocycles. The first-order chi connectivity index (χ1) is 9.06. The van der Waals surface area contributed by atoms with Gasteiger partial charge in [0.1, 0.15) is 5.75 Å². The first-order valence-corrected chi connectivity index (χ1v) is 7.26. The molecular weight excluding hydrogens is 398 g/mol. The van der Waals surface area contributed by atoms with Gasteiger partial charge >= 0.3 is 0 Å².